The number of aromatic nitrogens is 2. The third-order valence-corrected chi connectivity index (χ3v) is 3.12. The first-order chi connectivity index (χ1) is 9.29. The van der Waals surface area contributed by atoms with Crippen molar-refractivity contribution >= 4 is 0 Å². The minimum atomic E-state index is -2.96. The molecule has 20 heavy (non-hydrogen) atoms. The topological polar surface area (TPSA) is 51.8 Å². The van der Waals surface area contributed by atoms with Crippen LogP contribution in [0.2, 0.25) is 0 Å². The Morgan fingerprint density at radius 3 is 2.50 bits per heavy atom. The molecule has 0 radical (unpaired) electrons. The second kappa shape index (κ2) is 5.25. The highest BCUT2D eigenvalue weighted by molar-refractivity contribution is 5.66. The number of hydrogen-bond donors (Lipinski definition) is 1. The van der Waals surface area contributed by atoms with Gasteiger partial charge in [0.05, 0.1) is 5.69 Å². The van der Waals surface area contributed by atoms with Crippen LogP contribution in [0.5, 0.6) is 0 Å². The van der Waals surface area contributed by atoms with Gasteiger partial charge in [0.25, 0.3) is 5.92 Å². The lowest BCUT2D eigenvalue weighted by Crippen LogP contribution is -2.10. The molecule has 0 bridgehead atoms. The van der Waals surface area contributed by atoms with E-state index in [1.807, 2.05) is 19.9 Å². The van der Waals surface area contributed by atoms with Gasteiger partial charge in [0.2, 0.25) is 0 Å². The Kier molecular flexibility index (Phi) is 3.81. The monoisotopic (exact) mass is 277 g/mol. The number of hydrogen-bond acceptors (Lipinski definition) is 3. The molecule has 0 amide bonds. The van der Waals surface area contributed by atoms with Crippen LogP contribution in [0.4, 0.5) is 8.78 Å². The van der Waals surface area contributed by atoms with Crippen molar-refractivity contribution in [3.05, 3.63) is 47.5 Å². The van der Waals surface area contributed by atoms with Gasteiger partial charge in [-0.3, -0.25) is 9.97 Å². The smallest absolute Gasteiger partial charge is 0.286 e. The van der Waals surface area contributed by atoms with Gasteiger partial charge in [0.15, 0.2) is 0 Å². The van der Waals surface area contributed by atoms with Crippen LogP contribution in [0.3, 0.4) is 0 Å². The summed E-state index contributed by atoms with van der Waals surface area (Å²) in [6.45, 7) is 4.60. The standard InChI is InChI=1S/C15H17F2N3/c1-9-6-13(10(2)18)20-8-12(9)11-4-5-19-14(7-11)15(3,16)17/h4-8,10H,18H2,1-3H3/t10-/m0/s1. The molecule has 2 aromatic heterocycles. The van der Waals surface area contributed by atoms with Gasteiger partial charge in [0.1, 0.15) is 5.69 Å². The highest BCUT2D eigenvalue weighted by Crippen LogP contribution is 2.30. The van der Waals surface area contributed by atoms with Gasteiger partial charge in [-0.1, -0.05) is 0 Å². The lowest BCUT2D eigenvalue weighted by molar-refractivity contribution is 0.0128. The third-order valence-electron chi connectivity index (χ3n) is 3.12. The molecule has 2 N–H and O–H groups in total. The van der Waals surface area contributed by atoms with Gasteiger partial charge < -0.3 is 5.73 Å². The van der Waals surface area contributed by atoms with Crippen LogP contribution in [-0.4, -0.2) is 9.97 Å². The van der Waals surface area contributed by atoms with Crippen molar-refractivity contribution in [3.8, 4) is 11.1 Å². The third kappa shape index (κ3) is 2.99. The molecular weight excluding hydrogens is 260 g/mol. The molecule has 0 saturated heterocycles. The number of halogens is 2. The Bertz CT molecular complexity index is 619. The van der Waals surface area contributed by atoms with Crippen molar-refractivity contribution in [1.29, 1.82) is 0 Å². The van der Waals surface area contributed by atoms with E-state index in [1.165, 1.54) is 12.3 Å². The maximum Gasteiger partial charge on any atom is 0.286 e. The zero-order valence-corrected chi connectivity index (χ0v) is 11.7. The molecule has 2 heterocycles. The number of pyridine rings is 2. The van der Waals surface area contributed by atoms with E-state index < -0.39 is 5.92 Å². The zero-order valence-electron chi connectivity index (χ0n) is 11.7. The average molecular weight is 277 g/mol. The molecule has 106 valence electrons. The fourth-order valence-corrected chi connectivity index (χ4v) is 1.97. The summed E-state index contributed by atoms with van der Waals surface area (Å²) in [5.74, 6) is -2.96. The number of aryl methyl sites for hydroxylation is 1. The SMILES string of the molecule is Cc1cc([C@H](C)N)ncc1-c1ccnc(C(C)(F)F)c1. The van der Waals surface area contributed by atoms with Crippen LogP contribution in [0, 0.1) is 6.92 Å². The van der Waals surface area contributed by atoms with E-state index >= 15 is 0 Å². The van der Waals surface area contributed by atoms with E-state index in [4.69, 9.17) is 5.73 Å². The Morgan fingerprint density at radius 1 is 1.25 bits per heavy atom. The summed E-state index contributed by atoms with van der Waals surface area (Å²) in [5.41, 5.74) is 8.75. The molecule has 2 aromatic rings. The van der Waals surface area contributed by atoms with Crippen LogP contribution in [-0.2, 0) is 5.92 Å². The highest BCUT2D eigenvalue weighted by Gasteiger charge is 2.26. The molecule has 0 unspecified atom stereocenters. The van der Waals surface area contributed by atoms with E-state index in [1.54, 1.807) is 12.3 Å². The van der Waals surface area contributed by atoms with Gasteiger partial charge >= 0.3 is 0 Å². The Balaban J connectivity index is 2.47. The fraction of sp³-hybridized carbons (Fsp3) is 0.333. The van der Waals surface area contributed by atoms with E-state index in [0.717, 1.165) is 23.7 Å². The quantitative estimate of drug-likeness (QED) is 0.932. The van der Waals surface area contributed by atoms with Gasteiger partial charge in [-0.15, -0.1) is 0 Å². The van der Waals surface area contributed by atoms with Gasteiger partial charge in [-0.25, -0.2) is 0 Å². The summed E-state index contributed by atoms with van der Waals surface area (Å²) in [4.78, 5) is 8.00. The van der Waals surface area contributed by atoms with Crippen LogP contribution >= 0.6 is 0 Å². The van der Waals surface area contributed by atoms with Crippen molar-refractivity contribution in [2.45, 2.75) is 32.7 Å². The molecule has 0 aliphatic carbocycles. The van der Waals surface area contributed by atoms with Crippen LogP contribution in [0.25, 0.3) is 11.1 Å². The van der Waals surface area contributed by atoms with E-state index in [2.05, 4.69) is 9.97 Å². The summed E-state index contributed by atoms with van der Waals surface area (Å²) >= 11 is 0. The summed E-state index contributed by atoms with van der Waals surface area (Å²) in [6.07, 6.45) is 3.06. The summed E-state index contributed by atoms with van der Waals surface area (Å²) in [6, 6.07) is 4.82. The first-order valence-electron chi connectivity index (χ1n) is 6.36. The molecule has 0 saturated carbocycles. The molecule has 0 aliphatic heterocycles. The lowest BCUT2D eigenvalue weighted by atomic mass is 10.0. The fourth-order valence-electron chi connectivity index (χ4n) is 1.97. The second-order valence-electron chi connectivity index (χ2n) is 5.03. The number of rotatable bonds is 3. The predicted molar refractivity (Wildman–Crippen MR) is 74.4 cm³/mol. The molecule has 0 fully saturated rings. The predicted octanol–water partition coefficient (Wildman–Crippen LogP) is 3.58. The maximum atomic E-state index is 13.3. The van der Waals surface area contributed by atoms with E-state index in [9.17, 15) is 8.78 Å². The van der Waals surface area contributed by atoms with Gasteiger partial charge in [-0.05, 0) is 43.2 Å². The van der Waals surface area contributed by atoms with E-state index in [0.29, 0.717) is 5.56 Å². The van der Waals surface area contributed by atoms with Crippen LogP contribution in [0.1, 0.15) is 36.8 Å². The van der Waals surface area contributed by atoms with Crippen LogP contribution in [0.15, 0.2) is 30.6 Å². The van der Waals surface area contributed by atoms with Crippen molar-refractivity contribution < 1.29 is 8.78 Å². The lowest BCUT2D eigenvalue weighted by Gasteiger charge is -2.13. The highest BCUT2D eigenvalue weighted by atomic mass is 19.3. The van der Waals surface area contributed by atoms with Gasteiger partial charge in [-0.2, -0.15) is 8.78 Å². The first-order valence-corrected chi connectivity index (χ1v) is 6.36. The summed E-state index contributed by atoms with van der Waals surface area (Å²) in [5, 5.41) is 0. The summed E-state index contributed by atoms with van der Waals surface area (Å²) < 4.78 is 26.7. The van der Waals surface area contributed by atoms with Crippen LogP contribution < -0.4 is 5.73 Å². The van der Waals surface area contributed by atoms with Crippen molar-refractivity contribution in [2.24, 2.45) is 5.73 Å². The summed E-state index contributed by atoms with van der Waals surface area (Å²) in [7, 11) is 0. The number of alkyl halides is 2. The number of nitrogens with zero attached hydrogens (tertiary/aromatic N) is 2. The van der Waals surface area contributed by atoms with Crippen molar-refractivity contribution in [1.82, 2.24) is 9.97 Å². The molecule has 0 aliphatic rings. The minimum absolute atomic E-state index is 0.157. The molecule has 1 atom stereocenters. The average Bonchev–Trinajstić information content (AvgIpc) is 2.37. The van der Waals surface area contributed by atoms with Crippen molar-refractivity contribution in [2.75, 3.05) is 0 Å². The molecule has 5 heteroatoms. The molecule has 0 aromatic carbocycles. The van der Waals surface area contributed by atoms with Gasteiger partial charge in [0, 0.05) is 30.9 Å². The molecule has 0 spiro atoms. The maximum absolute atomic E-state index is 13.3. The Labute approximate surface area is 116 Å². The first kappa shape index (κ1) is 14.5. The molecule has 2 rings (SSSR count). The Hall–Kier alpha value is -1.88. The molecular formula is C15H17F2N3. The minimum Gasteiger partial charge on any atom is -0.323 e. The largest absolute Gasteiger partial charge is 0.323 e. The van der Waals surface area contributed by atoms with Crippen molar-refractivity contribution in [3.63, 3.8) is 0 Å². The number of nitrogens with two attached hydrogens (primary N) is 1. The zero-order chi connectivity index (χ0) is 14.9. The normalized spacial score (nSPS) is 13.3. The Morgan fingerprint density at radius 2 is 1.95 bits per heavy atom. The van der Waals surface area contributed by atoms with E-state index in [-0.39, 0.29) is 11.7 Å². The second-order valence-corrected chi connectivity index (χ2v) is 5.03. The molecule has 3 nitrogen and oxygen atoms in total.